The third-order valence-electron chi connectivity index (χ3n) is 6.95. The number of nitrogens with zero attached hydrogens (tertiary/aromatic N) is 2. The van der Waals surface area contributed by atoms with E-state index in [0.717, 1.165) is 18.2 Å². The van der Waals surface area contributed by atoms with Crippen LogP contribution in [-0.4, -0.2) is 86.5 Å². The van der Waals surface area contributed by atoms with E-state index in [1.807, 2.05) is 0 Å². The molecule has 2 aliphatic rings. The second-order valence-corrected chi connectivity index (χ2v) is 9.80. The molecule has 0 aliphatic carbocycles. The number of halogens is 2. The maximum Gasteiger partial charge on any atom is 0.526 e. The third kappa shape index (κ3) is 5.63. The Morgan fingerprint density at radius 1 is 1.17 bits per heavy atom. The molecule has 0 spiro atoms. The number of aromatic hydroxyl groups is 2. The fourth-order valence-corrected chi connectivity index (χ4v) is 5.01. The molecule has 5 N–H and O–H groups in total. The minimum Gasteiger partial charge on any atom is -0.535 e. The number of nitrogens with one attached hydrogen (secondary N) is 1. The molecule has 0 radical (unpaired) electrons. The van der Waals surface area contributed by atoms with Crippen molar-refractivity contribution in [1.29, 1.82) is 0 Å². The Morgan fingerprint density at radius 3 is 2.54 bits per heavy atom. The largest absolute Gasteiger partial charge is 0.535 e. The maximum atomic E-state index is 14.1. The number of rotatable bonds is 7. The van der Waals surface area contributed by atoms with Gasteiger partial charge in [-0.25, -0.2) is 14.0 Å². The molecule has 0 aromatic heterocycles. The highest BCUT2D eigenvalue weighted by molar-refractivity contribution is 6.47. The summed E-state index contributed by atoms with van der Waals surface area (Å²) < 4.78 is 19.4. The molecule has 216 valence electrons. The number of urea groups is 1. The summed E-state index contributed by atoms with van der Waals surface area (Å²) in [4.78, 5) is 64.9. The number of piperazine rings is 1. The van der Waals surface area contributed by atoms with Crippen molar-refractivity contribution in [2.24, 2.45) is 0 Å². The van der Waals surface area contributed by atoms with E-state index >= 15 is 0 Å². The number of imide groups is 1. The van der Waals surface area contributed by atoms with Gasteiger partial charge in [0.05, 0.1) is 5.02 Å². The number of carbonyl (C=O) groups is 5. The van der Waals surface area contributed by atoms with E-state index in [1.54, 1.807) is 6.92 Å². The summed E-state index contributed by atoms with van der Waals surface area (Å²) in [7, 11) is -1.74. The zero-order valence-corrected chi connectivity index (χ0v) is 22.2. The number of amides is 4. The van der Waals surface area contributed by atoms with Gasteiger partial charge < -0.3 is 35.2 Å². The number of phenolic OH excluding ortho intramolecular Hbond substituents is 2. The highest BCUT2D eigenvalue weighted by Gasteiger charge is 2.42. The van der Waals surface area contributed by atoms with Crippen molar-refractivity contribution in [3.8, 4) is 17.2 Å². The van der Waals surface area contributed by atoms with Gasteiger partial charge in [0.1, 0.15) is 23.2 Å². The zero-order chi connectivity index (χ0) is 30.2. The van der Waals surface area contributed by atoms with Crippen molar-refractivity contribution in [2.75, 3.05) is 19.6 Å². The van der Waals surface area contributed by atoms with Crippen molar-refractivity contribution in [1.82, 2.24) is 15.1 Å². The SMILES string of the molecule is CCN1CCN(C(=O)N[C@@H](C(=O)C[C@H]2Cc3ccc(F)c(C(=O)O)c3OB2O)c2ccc(O)c(O)c2Cl)C(=O)C1=O. The molecule has 0 unspecified atom stereocenters. The van der Waals surface area contributed by atoms with Gasteiger partial charge in [0, 0.05) is 37.4 Å². The predicted octanol–water partition coefficient (Wildman–Crippen LogP) is 1.47. The molecular formula is C25H24BClFN3O10. The summed E-state index contributed by atoms with van der Waals surface area (Å²) in [6, 6.07) is 1.62. The second-order valence-electron chi connectivity index (χ2n) is 9.42. The first-order valence-electron chi connectivity index (χ1n) is 12.4. The number of Topliss-reactive ketones (excluding diaryl/α,β-unsaturated/α-hetero) is 1. The Balaban J connectivity index is 1.62. The highest BCUT2D eigenvalue weighted by Crippen LogP contribution is 2.41. The van der Waals surface area contributed by atoms with Crippen LogP contribution in [0.5, 0.6) is 17.2 Å². The van der Waals surface area contributed by atoms with Crippen molar-refractivity contribution in [2.45, 2.75) is 31.6 Å². The van der Waals surface area contributed by atoms with Crippen LogP contribution < -0.4 is 9.97 Å². The van der Waals surface area contributed by atoms with E-state index in [9.17, 15) is 48.7 Å². The van der Waals surface area contributed by atoms with Gasteiger partial charge in [-0.2, -0.15) is 0 Å². The predicted molar refractivity (Wildman–Crippen MR) is 139 cm³/mol. The summed E-state index contributed by atoms with van der Waals surface area (Å²) >= 11 is 6.18. The first kappa shape index (κ1) is 29.6. The van der Waals surface area contributed by atoms with Gasteiger partial charge >= 0.3 is 30.9 Å². The van der Waals surface area contributed by atoms with Crippen LogP contribution >= 0.6 is 11.6 Å². The molecule has 2 aromatic carbocycles. The van der Waals surface area contributed by atoms with Gasteiger partial charge in [0.25, 0.3) is 0 Å². The van der Waals surface area contributed by atoms with Gasteiger partial charge in [-0.05, 0) is 31.0 Å². The monoisotopic (exact) mass is 591 g/mol. The number of likely N-dealkylation sites (N-methyl/N-ethyl adjacent to an activating group) is 1. The third-order valence-corrected chi connectivity index (χ3v) is 7.35. The van der Waals surface area contributed by atoms with E-state index in [-0.39, 0.29) is 42.9 Å². The molecule has 13 nitrogen and oxygen atoms in total. The summed E-state index contributed by atoms with van der Waals surface area (Å²) in [5.41, 5.74) is -0.718. The number of carboxylic acids is 1. The molecule has 2 heterocycles. The summed E-state index contributed by atoms with van der Waals surface area (Å²) in [5, 5.41) is 41.7. The van der Waals surface area contributed by atoms with Gasteiger partial charge in [-0.3, -0.25) is 19.3 Å². The zero-order valence-electron chi connectivity index (χ0n) is 21.5. The number of hydrogen-bond donors (Lipinski definition) is 5. The standard InChI is InChI=1S/C25H24BClFN3O10/c1-2-30-7-8-31(23(36)22(30)35)25(39)29-19(13-4-6-15(32)20(34)18(13)27)16(33)10-12-9-11-3-5-14(28)17(24(37)38)21(11)41-26(12)40/h3-6,12,19,32,34,40H,2,7-10H2,1H3,(H,29,39)(H,37,38)/t12-,19-/m1/s1. The number of aromatic carboxylic acids is 1. The normalized spacial score (nSPS) is 17.6. The van der Waals surface area contributed by atoms with E-state index in [0.29, 0.717) is 4.90 Å². The summed E-state index contributed by atoms with van der Waals surface area (Å²) in [5.74, 6) is -8.26. The fourth-order valence-electron chi connectivity index (χ4n) is 4.74. The maximum absolute atomic E-state index is 14.1. The molecule has 0 bridgehead atoms. The Bertz CT molecular complexity index is 1460. The lowest BCUT2D eigenvalue weighted by molar-refractivity contribution is -0.153. The average Bonchev–Trinajstić information content (AvgIpc) is 2.92. The van der Waals surface area contributed by atoms with Gasteiger partial charge in [-0.15, -0.1) is 0 Å². The number of benzene rings is 2. The van der Waals surface area contributed by atoms with Crippen molar-refractivity contribution < 1.29 is 53.4 Å². The fraction of sp³-hybridized carbons (Fsp3) is 0.320. The van der Waals surface area contributed by atoms with Crippen LogP contribution in [0.3, 0.4) is 0 Å². The number of carbonyl (C=O) groups excluding carboxylic acids is 4. The number of carboxylic acid groups (broad SMARTS) is 1. The minimum absolute atomic E-state index is 0.0673. The topological polar surface area (TPSA) is 194 Å². The van der Waals surface area contributed by atoms with Crippen LogP contribution in [-0.2, 0) is 20.8 Å². The number of phenols is 2. The Morgan fingerprint density at radius 2 is 1.88 bits per heavy atom. The van der Waals surface area contributed by atoms with Crippen LogP contribution in [0.2, 0.25) is 10.8 Å². The lowest BCUT2D eigenvalue weighted by atomic mass is 9.64. The molecular weight excluding hydrogens is 568 g/mol. The molecule has 0 saturated carbocycles. The molecule has 16 heteroatoms. The van der Waals surface area contributed by atoms with Crippen LogP contribution in [0.15, 0.2) is 24.3 Å². The summed E-state index contributed by atoms with van der Waals surface area (Å²) in [6.07, 6.45) is -0.607. The van der Waals surface area contributed by atoms with Crippen LogP contribution in [0.1, 0.15) is 40.9 Å². The number of ketones is 1. The molecule has 2 atom stereocenters. The first-order valence-corrected chi connectivity index (χ1v) is 12.8. The van der Waals surface area contributed by atoms with Crippen LogP contribution in [0.25, 0.3) is 0 Å². The number of fused-ring (bicyclic) bond motifs is 1. The van der Waals surface area contributed by atoms with E-state index in [2.05, 4.69) is 5.32 Å². The molecule has 2 aliphatic heterocycles. The van der Waals surface area contributed by atoms with Gasteiger partial charge in [0.15, 0.2) is 17.3 Å². The lowest BCUT2D eigenvalue weighted by Crippen LogP contribution is -2.58. The molecule has 4 rings (SSSR count). The van der Waals surface area contributed by atoms with Crippen LogP contribution in [0, 0.1) is 5.82 Å². The van der Waals surface area contributed by atoms with E-state index in [4.69, 9.17) is 16.3 Å². The molecule has 4 amide bonds. The quantitative estimate of drug-likeness (QED) is 0.179. The summed E-state index contributed by atoms with van der Waals surface area (Å²) in [6.45, 7) is 1.82. The van der Waals surface area contributed by atoms with E-state index < -0.39 is 82.9 Å². The number of hydrogen-bond acceptors (Lipinski definition) is 9. The average molecular weight is 592 g/mol. The lowest BCUT2D eigenvalue weighted by Gasteiger charge is -2.33. The van der Waals surface area contributed by atoms with Crippen molar-refractivity contribution >= 4 is 48.3 Å². The van der Waals surface area contributed by atoms with Gasteiger partial charge in [0.2, 0.25) is 0 Å². The molecule has 41 heavy (non-hydrogen) atoms. The van der Waals surface area contributed by atoms with Crippen molar-refractivity contribution in [3.63, 3.8) is 0 Å². The van der Waals surface area contributed by atoms with Gasteiger partial charge in [-0.1, -0.05) is 23.7 Å². The van der Waals surface area contributed by atoms with Crippen molar-refractivity contribution in [3.05, 3.63) is 51.8 Å². The molecule has 1 fully saturated rings. The smallest absolute Gasteiger partial charge is 0.526 e. The highest BCUT2D eigenvalue weighted by atomic mass is 35.5. The molecule has 1 saturated heterocycles. The Kier molecular flexibility index (Phi) is 8.40. The Labute approximate surface area is 237 Å². The van der Waals surface area contributed by atoms with Crippen LogP contribution in [0.4, 0.5) is 9.18 Å². The van der Waals surface area contributed by atoms with E-state index in [1.165, 1.54) is 11.0 Å². The second kappa shape index (κ2) is 11.6. The first-order chi connectivity index (χ1) is 19.3. The Hall–Kier alpha value is -4.37. The minimum atomic E-state index is -1.74. The molecule has 2 aromatic rings.